The molecular formula is C17H21N3O3S. The van der Waals surface area contributed by atoms with Crippen molar-refractivity contribution in [1.82, 2.24) is 9.97 Å². The number of rotatable bonds is 3. The number of nitrogens with one attached hydrogen (secondary N) is 2. The van der Waals surface area contributed by atoms with E-state index in [0.717, 1.165) is 25.0 Å². The summed E-state index contributed by atoms with van der Waals surface area (Å²) in [5.74, 6) is -0.0682. The van der Waals surface area contributed by atoms with E-state index in [4.69, 9.17) is 4.74 Å². The van der Waals surface area contributed by atoms with Gasteiger partial charge in [-0.25, -0.2) is 9.78 Å². The Hall–Kier alpha value is -2.15. The van der Waals surface area contributed by atoms with Crippen LogP contribution in [0.5, 0.6) is 0 Å². The maximum absolute atomic E-state index is 12.6. The highest BCUT2D eigenvalue weighted by Gasteiger charge is 2.24. The highest BCUT2D eigenvalue weighted by atomic mass is 32.1. The number of amides is 1. The van der Waals surface area contributed by atoms with Crippen molar-refractivity contribution in [1.29, 1.82) is 0 Å². The molecule has 3 rings (SSSR count). The summed E-state index contributed by atoms with van der Waals surface area (Å²) < 4.78 is 4.77. The third-order valence-electron chi connectivity index (χ3n) is 4.46. The SMILES string of the molecule is COC(=O)c1c(C)[nH]c(C(=O)Nc2nc3c(s2)C[C@@H](C)CC3)c1C. The first kappa shape index (κ1) is 16.7. The van der Waals surface area contributed by atoms with E-state index in [9.17, 15) is 9.59 Å². The molecule has 24 heavy (non-hydrogen) atoms. The summed E-state index contributed by atoms with van der Waals surface area (Å²) in [6.45, 7) is 5.72. The molecule has 0 spiro atoms. The van der Waals surface area contributed by atoms with Gasteiger partial charge in [0.05, 0.1) is 18.4 Å². The first-order chi connectivity index (χ1) is 11.4. The summed E-state index contributed by atoms with van der Waals surface area (Å²) in [6.07, 6.45) is 3.13. The first-order valence-electron chi connectivity index (χ1n) is 7.98. The van der Waals surface area contributed by atoms with Gasteiger partial charge >= 0.3 is 5.97 Å². The van der Waals surface area contributed by atoms with Crippen molar-refractivity contribution < 1.29 is 14.3 Å². The van der Waals surface area contributed by atoms with Gasteiger partial charge in [-0.05, 0) is 44.6 Å². The number of fused-ring (bicyclic) bond motifs is 1. The number of aromatic amines is 1. The zero-order valence-corrected chi connectivity index (χ0v) is 15.1. The largest absolute Gasteiger partial charge is 0.465 e. The molecule has 2 aromatic rings. The van der Waals surface area contributed by atoms with Crippen molar-refractivity contribution in [3.63, 3.8) is 0 Å². The number of carbonyl (C=O) groups excluding carboxylic acids is 2. The van der Waals surface area contributed by atoms with Crippen LogP contribution in [0.15, 0.2) is 0 Å². The third kappa shape index (κ3) is 2.96. The molecular weight excluding hydrogens is 326 g/mol. The molecule has 0 aliphatic heterocycles. The molecule has 0 unspecified atom stereocenters. The van der Waals surface area contributed by atoms with Gasteiger partial charge in [-0.1, -0.05) is 6.92 Å². The molecule has 0 bridgehead atoms. The molecule has 2 heterocycles. The van der Waals surface area contributed by atoms with Crippen molar-refractivity contribution >= 4 is 28.3 Å². The molecule has 2 aromatic heterocycles. The van der Waals surface area contributed by atoms with Crippen LogP contribution in [0.4, 0.5) is 5.13 Å². The second kappa shape index (κ2) is 6.39. The maximum Gasteiger partial charge on any atom is 0.339 e. The summed E-state index contributed by atoms with van der Waals surface area (Å²) in [4.78, 5) is 33.2. The lowest BCUT2D eigenvalue weighted by atomic mass is 9.93. The zero-order valence-electron chi connectivity index (χ0n) is 14.3. The van der Waals surface area contributed by atoms with Crippen LogP contribution in [-0.4, -0.2) is 29.0 Å². The lowest BCUT2D eigenvalue weighted by molar-refractivity contribution is 0.0599. The van der Waals surface area contributed by atoms with Gasteiger partial charge in [0, 0.05) is 10.6 Å². The third-order valence-corrected chi connectivity index (χ3v) is 5.50. The van der Waals surface area contributed by atoms with Gasteiger partial charge in [0.2, 0.25) is 0 Å². The Bertz CT molecular complexity index is 806. The fraction of sp³-hybridized carbons (Fsp3) is 0.471. The molecule has 1 atom stereocenters. The maximum atomic E-state index is 12.6. The van der Waals surface area contributed by atoms with Crippen molar-refractivity contribution in [3.05, 3.63) is 33.1 Å². The van der Waals surface area contributed by atoms with Gasteiger partial charge in [-0.15, -0.1) is 11.3 Å². The predicted octanol–water partition coefficient (Wildman–Crippen LogP) is 3.25. The van der Waals surface area contributed by atoms with E-state index in [1.165, 1.54) is 12.0 Å². The number of carbonyl (C=O) groups is 2. The molecule has 2 N–H and O–H groups in total. The smallest absolute Gasteiger partial charge is 0.339 e. The number of ether oxygens (including phenoxy) is 1. The summed E-state index contributed by atoms with van der Waals surface area (Å²) in [7, 11) is 1.33. The summed E-state index contributed by atoms with van der Waals surface area (Å²) in [5, 5.41) is 3.47. The van der Waals surface area contributed by atoms with Crippen LogP contribution in [0.1, 0.15) is 56.0 Å². The number of esters is 1. The summed E-state index contributed by atoms with van der Waals surface area (Å²) >= 11 is 1.54. The minimum Gasteiger partial charge on any atom is -0.465 e. The second-order valence-corrected chi connectivity index (χ2v) is 7.39. The summed E-state index contributed by atoms with van der Waals surface area (Å²) in [5.41, 5.74) is 3.09. The first-order valence-corrected chi connectivity index (χ1v) is 8.79. The van der Waals surface area contributed by atoms with Crippen molar-refractivity contribution in [3.8, 4) is 0 Å². The van der Waals surface area contributed by atoms with Crippen LogP contribution >= 0.6 is 11.3 Å². The highest BCUT2D eigenvalue weighted by Crippen LogP contribution is 2.32. The van der Waals surface area contributed by atoms with Gasteiger partial charge in [0.1, 0.15) is 5.69 Å². The molecule has 0 saturated carbocycles. The number of anilines is 1. The molecule has 0 fully saturated rings. The molecule has 1 amide bonds. The van der Waals surface area contributed by atoms with E-state index in [2.05, 4.69) is 22.2 Å². The van der Waals surface area contributed by atoms with E-state index >= 15 is 0 Å². The second-order valence-electron chi connectivity index (χ2n) is 6.31. The minimum absolute atomic E-state index is 0.287. The van der Waals surface area contributed by atoms with Crippen LogP contribution in [0.3, 0.4) is 0 Å². The van der Waals surface area contributed by atoms with Gasteiger partial charge in [0.15, 0.2) is 5.13 Å². The van der Waals surface area contributed by atoms with Crippen molar-refractivity contribution in [2.45, 2.75) is 40.0 Å². The Morgan fingerprint density at radius 2 is 2.12 bits per heavy atom. The van der Waals surface area contributed by atoms with E-state index in [1.807, 2.05) is 0 Å². The van der Waals surface area contributed by atoms with Gasteiger partial charge in [0.25, 0.3) is 5.91 Å². The molecule has 0 saturated heterocycles. The van der Waals surface area contributed by atoms with Crippen LogP contribution in [0.2, 0.25) is 0 Å². The van der Waals surface area contributed by atoms with E-state index in [1.54, 1.807) is 25.2 Å². The number of hydrogen-bond acceptors (Lipinski definition) is 5. The predicted molar refractivity (Wildman–Crippen MR) is 92.9 cm³/mol. The lowest BCUT2D eigenvalue weighted by Gasteiger charge is -2.15. The average molecular weight is 347 g/mol. The molecule has 1 aliphatic carbocycles. The molecule has 7 heteroatoms. The quantitative estimate of drug-likeness (QED) is 0.835. The van der Waals surface area contributed by atoms with E-state index < -0.39 is 5.97 Å². The number of aromatic nitrogens is 2. The average Bonchev–Trinajstić information content (AvgIpc) is 3.06. The standard InChI is InChI=1S/C17H21N3O3S/c1-8-5-6-11-12(7-8)24-17(19-11)20-15(21)14-9(2)13(10(3)18-14)16(22)23-4/h8,18H,5-7H2,1-4H3,(H,19,20,21)/t8-/m0/s1. The number of hydrogen-bond donors (Lipinski definition) is 2. The Labute approximate surface area is 144 Å². The topological polar surface area (TPSA) is 84.1 Å². The summed E-state index contributed by atoms with van der Waals surface area (Å²) in [6, 6.07) is 0. The Balaban J connectivity index is 1.82. The Morgan fingerprint density at radius 1 is 1.38 bits per heavy atom. The van der Waals surface area contributed by atoms with Gasteiger partial charge in [-0.3, -0.25) is 10.1 Å². The molecule has 6 nitrogen and oxygen atoms in total. The van der Waals surface area contributed by atoms with Crippen molar-refractivity contribution in [2.24, 2.45) is 5.92 Å². The Morgan fingerprint density at radius 3 is 2.83 bits per heavy atom. The zero-order chi connectivity index (χ0) is 17.4. The fourth-order valence-electron chi connectivity index (χ4n) is 3.14. The van der Waals surface area contributed by atoms with Crippen LogP contribution < -0.4 is 5.32 Å². The van der Waals surface area contributed by atoms with E-state index in [0.29, 0.717) is 33.6 Å². The normalized spacial score (nSPS) is 16.6. The molecule has 0 radical (unpaired) electrons. The van der Waals surface area contributed by atoms with Crippen LogP contribution in [0.25, 0.3) is 0 Å². The Kier molecular flexibility index (Phi) is 4.45. The number of thiazole rings is 1. The number of nitrogens with zero attached hydrogens (tertiary/aromatic N) is 1. The minimum atomic E-state index is -0.445. The molecule has 1 aliphatic rings. The van der Waals surface area contributed by atoms with Crippen LogP contribution in [-0.2, 0) is 17.6 Å². The molecule has 128 valence electrons. The number of methoxy groups -OCH3 is 1. The fourth-order valence-corrected chi connectivity index (χ4v) is 4.30. The highest BCUT2D eigenvalue weighted by molar-refractivity contribution is 7.15. The number of aryl methyl sites for hydroxylation is 2. The number of H-pyrrole nitrogens is 1. The molecule has 0 aromatic carbocycles. The van der Waals surface area contributed by atoms with Gasteiger partial charge in [-0.2, -0.15) is 0 Å². The monoisotopic (exact) mass is 347 g/mol. The van der Waals surface area contributed by atoms with E-state index in [-0.39, 0.29) is 5.91 Å². The van der Waals surface area contributed by atoms with Crippen LogP contribution in [0, 0.1) is 19.8 Å². The van der Waals surface area contributed by atoms with Crippen molar-refractivity contribution in [2.75, 3.05) is 12.4 Å². The van der Waals surface area contributed by atoms with Gasteiger partial charge < -0.3 is 9.72 Å². The lowest BCUT2D eigenvalue weighted by Crippen LogP contribution is -2.14.